The number of hydrogen-bond acceptors (Lipinski definition) is 3. The van der Waals surface area contributed by atoms with Crippen LogP contribution in [0.25, 0.3) is 0 Å². The molecule has 70 valence electrons. The van der Waals surface area contributed by atoms with Gasteiger partial charge in [-0.3, -0.25) is 4.79 Å². The van der Waals surface area contributed by atoms with Crippen molar-refractivity contribution < 1.29 is 9.90 Å². The molecule has 0 spiro atoms. The Morgan fingerprint density at radius 2 is 2.31 bits per heavy atom. The van der Waals surface area contributed by atoms with Crippen molar-refractivity contribution in [3.8, 4) is 0 Å². The van der Waals surface area contributed by atoms with Gasteiger partial charge in [0.15, 0.2) is 0 Å². The van der Waals surface area contributed by atoms with Gasteiger partial charge in [-0.25, -0.2) is 0 Å². The molecule has 0 bridgehead atoms. The molecule has 4 heteroatoms. The number of anilines is 1. The van der Waals surface area contributed by atoms with Gasteiger partial charge >= 0.3 is 5.97 Å². The maximum absolute atomic E-state index is 10.5. The Kier molecular flexibility index (Phi) is 3.19. The molecule has 0 amide bonds. The highest BCUT2D eigenvalue weighted by Crippen LogP contribution is 2.25. The minimum absolute atomic E-state index is 0.0111. The molecular formula is C9H11NO2S. The van der Waals surface area contributed by atoms with Crippen LogP contribution in [0, 0.1) is 0 Å². The van der Waals surface area contributed by atoms with Crippen LogP contribution in [0.5, 0.6) is 0 Å². The van der Waals surface area contributed by atoms with Gasteiger partial charge in [0.25, 0.3) is 0 Å². The Hall–Kier alpha value is -1.16. The molecule has 0 aromatic heterocycles. The summed E-state index contributed by atoms with van der Waals surface area (Å²) in [6.07, 6.45) is 1.89. The Labute approximate surface area is 80.9 Å². The van der Waals surface area contributed by atoms with Gasteiger partial charge in [-0.2, -0.15) is 0 Å². The van der Waals surface area contributed by atoms with E-state index in [-0.39, 0.29) is 6.42 Å². The van der Waals surface area contributed by atoms with E-state index < -0.39 is 5.97 Å². The second kappa shape index (κ2) is 4.18. The lowest BCUT2D eigenvalue weighted by molar-refractivity contribution is -0.136. The van der Waals surface area contributed by atoms with Gasteiger partial charge < -0.3 is 10.8 Å². The standard InChI is InChI=1S/C9H11NO2S/c1-13-8-4-2-3-7(10)6(8)5-9(11)12/h2-4H,5,10H2,1H3,(H,11,12). The summed E-state index contributed by atoms with van der Waals surface area (Å²) in [6, 6.07) is 5.42. The smallest absolute Gasteiger partial charge is 0.307 e. The third-order valence-electron chi connectivity index (χ3n) is 1.72. The second-order valence-electron chi connectivity index (χ2n) is 2.60. The quantitative estimate of drug-likeness (QED) is 0.571. The average molecular weight is 197 g/mol. The second-order valence-corrected chi connectivity index (χ2v) is 3.45. The predicted octanol–water partition coefficient (Wildman–Crippen LogP) is 1.62. The van der Waals surface area contributed by atoms with Gasteiger partial charge in [-0.1, -0.05) is 6.07 Å². The normalized spacial score (nSPS) is 9.92. The summed E-state index contributed by atoms with van der Waals surface area (Å²) in [5, 5.41) is 8.65. The predicted molar refractivity (Wildman–Crippen MR) is 54.0 cm³/mol. The van der Waals surface area contributed by atoms with E-state index in [1.165, 1.54) is 11.8 Å². The third-order valence-corrected chi connectivity index (χ3v) is 2.54. The summed E-state index contributed by atoms with van der Waals surface area (Å²) < 4.78 is 0. The summed E-state index contributed by atoms with van der Waals surface area (Å²) >= 11 is 1.51. The average Bonchev–Trinajstić information content (AvgIpc) is 2.08. The van der Waals surface area contributed by atoms with Crippen molar-refractivity contribution in [3.05, 3.63) is 23.8 Å². The molecule has 1 aromatic carbocycles. The highest BCUT2D eigenvalue weighted by molar-refractivity contribution is 7.98. The molecule has 1 rings (SSSR count). The number of nitrogen functional groups attached to an aromatic ring is 1. The van der Waals surface area contributed by atoms with E-state index in [4.69, 9.17) is 10.8 Å². The van der Waals surface area contributed by atoms with Gasteiger partial charge in [-0.15, -0.1) is 11.8 Å². The van der Waals surface area contributed by atoms with E-state index in [2.05, 4.69) is 0 Å². The van der Waals surface area contributed by atoms with Crippen molar-refractivity contribution in [1.29, 1.82) is 0 Å². The summed E-state index contributed by atoms with van der Waals surface area (Å²) in [4.78, 5) is 11.5. The van der Waals surface area contributed by atoms with Gasteiger partial charge in [0.05, 0.1) is 6.42 Å². The molecule has 1 aromatic rings. The topological polar surface area (TPSA) is 63.3 Å². The van der Waals surface area contributed by atoms with Crippen LogP contribution in [-0.4, -0.2) is 17.3 Å². The number of rotatable bonds is 3. The lowest BCUT2D eigenvalue weighted by Gasteiger charge is -2.07. The van der Waals surface area contributed by atoms with Crippen molar-refractivity contribution in [1.82, 2.24) is 0 Å². The van der Waals surface area contributed by atoms with Crippen LogP contribution in [0.3, 0.4) is 0 Å². The van der Waals surface area contributed by atoms with Crippen LogP contribution in [-0.2, 0) is 11.2 Å². The highest BCUT2D eigenvalue weighted by atomic mass is 32.2. The Balaban J connectivity index is 3.07. The lowest BCUT2D eigenvalue weighted by atomic mass is 10.1. The van der Waals surface area contributed by atoms with Crippen molar-refractivity contribution in [2.24, 2.45) is 0 Å². The van der Waals surface area contributed by atoms with Crippen molar-refractivity contribution in [3.63, 3.8) is 0 Å². The first-order valence-electron chi connectivity index (χ1n) is 3.78. The van der Waals surface area contributed by atoms with E-state index >= 15 is 0 Å². The minimum Gasteiger partial charge on any atom is -0.481 e. The fraction of sp³-hybridized carbons (Fsp3) is 0.222. The van der Waals surface area contributed by atoms with E-state index in [0.29, 0.717) is 11.3 Å². The largest absolute Gasteiger partial charge is 0.481 e. The van der Waals surface area contributed by atoms with Crippen LogP contribution in [0.1, 0.15) is 5.56 Å². The molecule has 0 aliphatic carbocycles. The first-order chi connectivity index (χ1) is 6.15. The fourth-order valence-corrected chi connectivity index (χ4v) is 1.77. The molecule has 0 atom stereocenters. The molecule has 0 radical (unpaired) electrons. The number of hydrogen-bond donors (Lipinski definition) is 2. The van der Waals surface area contributed by atoms with Gasteiger partial charge in [0.2, 0.25) is 0 Å². The van der Waals surface area contributed by atoms with Crippen molar-refractivity contribution >= 4 is 23.4 Å². The summed E-state index contributed by atoms with van der Waals surface area (Å²) in [7, 11) is 0. The number of aliphatic carboxylic acids is 1. The molecule has 0 aliphatic rings. The number of carboxylic acids is 1. The molecule has 13 heavy (non-hydrogen) atoms. The molecule has 3 N–H and O–H groups in total. The molecule has 0 saturated heterocycles. The molecule has 0 fully saturated rings. The minimum atomic E-state index is -0.854. The third kappa shape index (κ3) is 2.39. The molecule has 0 saturated carbocycles. The van der Waals surface area contributed by atoms with Crippen LogP contribution in [0.4, 0.5) is 5.69 Å². The maximum Gasteiger partial charge on any atom is 0.307 e. The van der Waals surface area contributed by atoms with E-state index in [9.17, 15) is 4.79 Å². The van der Waals surface area contributed by atoms with E-state index in [1.807, 2.05) is 18.4 Å². The first kappa shape index (κ1) is 9.92. The number of nitrogens with two attached hydrogens (primary N) is 1. The Bertz CT molecular complexity index is 325. The summed E-state index contributed by atoms with van der Waals surface area (Å²) in [6.45, 7) is 0. The zero-order valence-electron chi connectivity index (χ0n) is 7.28. The van der Waals surface area contributed by atoms with E-state index in [0.717, 1.165) is 4.90 Å². The number of carboxylic acid groups (broad SMARTS) is 1. The lowest BCUT2D eigenvalue weighted by Crippen LogP contribution is -2.04. The Morgan fingerprint density at radius 3 is 2.85 bits per heavy atom. The monoisotopic (exact) mass is 197 g/mol. The van der Waals surface area contributed by atoms with Gasteiger partial charge in [-0.05, 0) is 24.0 Å². The SMILES string of the molecule is CSc1cccc(N)c1CC(=O)O. The molecule has 0 heterocycles. The van der Waals surface area contributed by atoms with Gasteiger partial charge in [0.1, 0.15) is 0 Å². The maximum atomic E-state index is 10.5. The number of benzene rings is 1. The summed E-state index contributed by atoms with van der Waals surface area (Å²) in [5.74, 6) is -0.854. The summed E-state index contributed by atoms with van der Waals surface area (Å²) in [5.41, 5.74) is 6.93. The molecule has 3 nitrogen and oxygen atoms in total. The Morgan fingerprint density at radius 1 is 1.62 bits per heavy atom. The van der Waals surface area contributed by atoms with Crippen LogP contribution in [0.15, 0.2) is 23.1 Å². The number of carbonyl (C=O) groups is 1. The van der Waals surface area contributed by atoms with Gasteiger partial charge in [0, 0.05) is 10.6 Å². The zero-order chi connectivity index (χ0) is 9.84. The first-order valence-corrected chi connectivity index (χ1v) is 5.00. The fourth-order valence-electron chi connectivity index (χ4n) is 1.11. The zero-order valence-corrected chi connectivity index (χ0v) is 8.10. The highest BCUT2D eigenvalue weighted by Gasteiger charge is 2.08. The van der Waals surface area contributed by atoms with Crippen LogP contribution >= 0.6 is 11.8 Å². The number of thioether (sulfide) groups is 1. The van der Waals surface area contributed by atoms with Crippen molar-refractivity contribution in [2.75, 3.05) is 12.0 Å². The molecule has 0 aliphatic heterocycles. The van der Waals surface area contributed by atoms with Crippen LogP contribution < -0.4 is 5.73 Å². The molecule has 0 unspecified atom stereocenters. The van der Waals surface area contributed by atoms with Crippen LogP contribution in [0.2, 0.25) is 0 Å². The molecular weight excluding hydrogens is 186 g/mol. The van der Waals surface area contributed by atoms with E-state index in [1.54, 1.807) is 6.07 Å². The van der Waals surface area contributed by atoms with Crippen molar-refractivity contribution in [2.45, 2.75) is 11.3 Å².